The second-order valence-corrected chi connectivity index (χ2v) is 5.30. The van der Waals surface area contributed by atoms with Gasteiger partial charge in [0, 0.05) is 25.2 Å². The first-order valence-corrected chi connectivity index (χ1v) is 6.09. The number of aliphatic hydroxyl groups excluding tert-OH is 1. The summed E-state index contributed by atoms with van der Waals surface area (Å²) in [5, 5.41) is 9.27. The molecule has 3 nitrogen and oxygen atoms in total. The fourth-order valence-corrected chi connectivity index (χ4v) is 2.20. The second kappa shape index (κ2) is 5.83. The van der Waals surface area contributed by atoms with Gasteiger partial charge in [-0.25, -0.2) is 0 Å². The van der Waals surface area contributed by atoms with Gasteiger partial charge in [-0.3, -0.25) is 9.80 Å². The Labute approximate surface area is 94.1 Å². The Bertz CT molecular complexity index is 184. The maximum absolute atomic E-state index is 9.27. The van der Waals surface area contributed by atoms with Crippen LogP contribution in [-0.4, -0.2) is 60.3 Å². The van der Waals surface area contributed by atoms with Crippen molar-refractivity contribution in [1.29, 1.82) is 0 Å². The van der Waals surface area contributed by atoms with E-state index in [1.165, 1.54) is 13.0 Å². The Balaban J connectivity index is 2.42. The highest BCUT2D eigenvalue weighted by atomic mass is 16.3. The molecule has 0 bridgehead atoms. The van der Waals surface area contributed by atoms with Crippen LogP contribution in [0.4, 0.5) is 0 Å². The summed E-state index contributed by atoms with van der Waals surface area (Å²) in [5.41, 5.74) is 0. The summed E-state index contributed by atoms with van der Waals surface area (Å²) in [6.45, 7) is 10.4. The molecule has 90 valence electrons. The van der Waals surface area contributed by atoms with Gasteiger partial charge in [0.05, 0.1) is 6.61 Å². The van der Waals surface area contributed by atoms with E-state index >= 15 is 0 Å². The van der Waals surface area contributed by atoms with E-state index in [-0.39, 0.29) is 6.61 Å². The predicted molar refractivity (Wildman–Crippen MR) is 64.0 cm³/mol. The highest BCUT2D eigenvalue weighted by molar-refractivity contribution is 4.84. The highest BCUT2D eigenvalue weighted by Gasteiger charge is 2.28. The predicted octanol–water partition coefficient (Wildman–Crippen LogP) is 1.03. The first-order valence-electron chi connectivity index (χ1n) is 6.09. The fourth-order valence-electron chi connectivity index (χ4n) is 2.20. The van der Waals surface area contributed by atoms with E-state index in [0.29, 0.717) is 12.1 Å². The van der Waals surface area contributed by atoms with Crippen molar-refractivity contribution in [2.75, 3.05) is 33.3 Å². The molecule has 0 aromatic rings. The molecule has 1 N–H and O–H groups in total. The Morgan fingerprint density at radius 1 is 1.33 bits per heavy atom. The maximum atomic E-state index is 9.27. The SMILES string of the molecule is CC(C)CCN1CC(CO)N(C)CC1C. The normalized spacial score (nSPS) is 30.0. The quantitative estimate of drug-likeness (QED) is 0.757. The van der Waals surface area contributed by atoms with Crippen molar-refractivity contribution >= 4 is 0 Å². The van der Waals surface area contributed by atoms with E-state index < -0.39 is 0 Å². The topological polar surface area (TPSA) is 26.7 Å². The van der Waals surface area contributed by atoms with Gasteiger partial charge in [0.15, 0.2) is 0 Å². The maximum Gasteiger partial charge on any atom is 0.0599 e. The first-order chi connectivity index (χ1) is 7.04. The van der Waals surface area contributed by atoms with Gasteiger partial charge < -0.3 is 5.11 Å². The van der Waals surface area contributed by atoms with Gasteiger partial charge in [-0.2, -0.15) is 0 Å². The fraction of sp³-hybridized carbons (Fsp3) is 1.00. The molecule has 0 aromatic carbocycles. The first kappa shape index (κ1) is 12.9. The number of likely N-dealkylation sites (N-methyl/N-ethyl adjacent to an activating group) is 1. The van der Waals surface area contributed by atoms with Gasteiger partial charge in [0.2, 0.25) is 0 Å². The smallest absolute Gasteiger partial charge is 0.0599 e. The Kier molecular flexibility index (Phi) is 5.03. The Morgan fingerprint density at radius 3 is 2.53 bits per heavy atom. The molecular weight excluding hydrogens is 188 g/mol. The van der Waals surface area contributed by atoms with Crippen LogP contribution in [0.2, 0.25) is 0 Å². The van der Waals surface area contributed by atoms with Crippen LogP contribution in [0.5, 0.6) is 0 Å². The lowest BCUT2D eigenvalue weighted by Gasteiger charge is -2.43. The van der Waals surface area contributed by atoms with E-state index in [1.54, 1.807) is 0 Å². The van der Waals surface area contributed by atoms with Gasteiger partial charge in [0.25, 0.3) is 0 Å². The minimum Gasteiger partial charge on any atom is -0.395 e. The van der Waals surface area contributed by atoms with Crippen LogP contribution in [0.1, 0.15) is 27.2 Å². The molecule has 0 amide bonds. The van der Waals surface area contributed by atoms with Crippen molar-refractivity contribution in [3.63, 3.8) is 0 Å². The van der Waals surface area contributed by atoms with Crippen LogP contribution in [0.3, 0.4) is 0 Å². The van der Waals surface area contributed by atoms with Gasteiger partial charge >= 0.3 is 0 Å². The lowest BCUT2D eigenvalue weighted by atomic mass is 10.1. The number of aliphatic hydroxyl groups is 1. The van der Waals surface area contributed by atoms with E-state index in [4.69, 9.17) is 0 Å². The molecule has 0 aromatic heterocycles. The molecule has 15 heavy (non-hydrogen) atoms. The lowest BCUT2D eigenvalue weighted by Crippen LogP contribution is -2.57. The molecule has 0 spiro atoms. The van der Waals surface area contributed by atoms with Crippen molar-refractivity contribution in [3.8, 4) is 0 Å². The zero-order valence-electron chi connectivity index (χ0n) is 10.6. The summed E-state index contributed by atoms with van der Waals surface area (Å²) in [6.07, 6.45) is 1.26. The Morgan fingerprint density at radius 2 is 2.00 bits per heavy atom. The highest BCUT2D eigenvalue weighted by Crippen LogP contribution is 2.15. The van der Waals surface area contributed by atoms with Gasteiger partial charge in [0.1, 0.15) is 0 Å². The molecule has 3 heteroatoms. The summed E-state index contributed by atoms with van der Waals surface area (Å²) in [4.78, 5) is 4.79. The molecule has 0 saturated carbocycles. The van der Waals surface area contributed by atoms with Crippen LogP contribution in [-0.2, 0) is 0 Å². The van der Waals surface area contributed by atoms with E-state index in [0.717, 1.165) is 19.0 Å². The molecule has 1 aliphatic rings. The largest absolute Gasteiger partial charge is 0.395 e. The number of piperazine rings is 1. The van der Waals surface area contributed by atoms with Crippen LogP contribution in [0, 0.1) is 5.92 Å². The number of hydrogen-bond donors (Lipinski definition) is 1. The van der Waals surface area contributed by atoms with Crippen LogP contribution >= 0.6 is 0 Å². The second-order valence-electron chi connectivity index (χ2n) is 5.30. The zero-order valence-corrected chi connectivity index (χ0v) is 10.6. The van der Waals surface area contributed by atoms with Crippen LogP contribution in [0.25, 0.3) is 0 Å². The standard InChI is InChI=1S/C12H26N2O/c1-10(2)5-6-14-8-12(9-15)13(4)7-11(14)3/h10-12,15H,5-9H2,1-4H3. The van der Waals surface area contributed by atoms with Gasteiger partial charge in [-0.05, 0) is 32.9 Å². The van der Waals surface area contributed by atoms with Crippen molar-refractivity contribution in [1.82, 2.24) is 9.80 Å². The average molecular weight is 214 g/mol. The van der Waals surface area contributed by atoms with Crippen molar-refractivity contribution in [2.24, 2.45) is 5.92 Å². The molecule has 0 radical (unpaired) electrons. The molecule has 1 saturated heterocycles. The molecule has 1 fully saturated rings. The molecule has 1 heterocycles. The number of nitrogens with zero attached hydrogens (tertiary/aromatic N) is 2. The summed E-state index contributed by atoms with van der Waals surface area (Å²) in [5.74, 6) is 0.768. The molecule has 2 unspecified atom stereocenters. The summed E-state index contributed by atoms with van der Waals surface area (Å²) in [6, 6.07) is 0.949. The van der Waals surface area contributed by atoms with Crippen LogP contribution < -0.4 is 0 Å². The molecule has 1 rings (SSSR count). The Hall–Kier alpha value is -0.120. The zero-order chi connectivity index (χ0) is 11.4. The third kappa shape index (κ3) is 3.74. The van der Waals surface area contributed by atoms with E-state index in [1.807, 2.05) is 0 Å². The number of rotatable bonds is 4. The van der Waals surface area contributed by atoms with Crippen molar-refractivity contribution in [2.45, 2.75) is 39.3 Å². The minimum absolute atomic E-state index is 0.279. The van der Waals surface area contributed by atoms with Crippen molar-refractivity contribution < 1.29 is 5.11 Å². The van der Waals surface area contributed by atoms with Gasteiger partial charge in [-0.1, -0.05) is 13.8 Å². The molecular formula is C12H26N2O. The summed E-state index contributed by atoms with van der Waals surface area (Å²) < 4.78 is 0. The average Bonchev–Trinajstić information content (AvgIpc) is 2.16. The molecule has 1 aliphatic heterocycles. The minimum atomic E-state index is 0.279. The third-order valence-electron chi connectivity index (χ3n) is 3.45. The summed E-state index contributed by atoms with van der Waals surface area (Å²) >= 11 is 0. The monoisotopic (exact) mass is 214 g/mol. The van der Waals surface area contributed by atoms with Crippen LogP contribution in [0.15, 0.2) is 0 Å². The number of hydrogen-bond acceptors (Lipinski definition) is 3. The van der Waals surface area contributed by atoms with Gasteiger partial charge in [-0.15, -0.1) is 0 Å². The van der Waals surface area contributed by atoms with E-state index in [2.05, 4.69) is 37.6 Å². The van der Waals surface area contributed by atoms with E-state index in [9.17, 15) is 5.11 Å². The molecule has 0 aliphatic carbocycles. The summed E-state index contributed by atoms with van der Waals surface area (Å²) in [7, 11) is 2.11. The third-order valence-corrected chi connectivity index (χ3v) is 3.45. The van der Waals surface area contributed by atoms with Crippen molar-refractivity contribution in [3.05, 3.63) is 0 Å². The molecule has 2 atom stereocenters. The lowest BCUT2D eigenvalue weighted by molar-refractivity contribution is 0.0230.